The van der Waals surface area contributed by atoms with Gasteiger partial charge in [-0.25, -0.2) is 18.2 Å². The number of hydrogen-bond donors (Lipinski definition) is 1. The Hall–Kier alpha value is -2.30. The van der Waals surface area contributed by atoms with E-state index in [0.29, 0.717) is 12.2 Å². The van der Waals surface area contributed by atoms with Crippen molar-refractivity contribution >= 4 is 15.7 Å². The maximum atomic E-state index is 11.8. The Morgan fingerprint density at radius 2 is 2.17 bits per heavy atom. The van der Waals surface area contributed by atoms with E-state index in [9.17, 15) is 18.5 Å². The summed E-state index contributed by atoms with van der Waals surface area (Å²) in [6.07, 6.45) is 5.81. The molecule has 0 radical (unpaired) electrons. The third kappa shape index (κ3) is 3.30. The monoisotopic (exact) mass is 352 g/mol. The second-order valence-corrected chi connectivity index (χ2v) is 7.04. The van der Waals surface area contributed by atoms with Crippen LogP contribution in [0.3, 0.4) is 0 Å². The number of benzene rings is 1. The quantitative estimate of drug-likeness (QED) is 0.659. The maximum Gasteiger partial charge on any atom is 0.270 e. The molecular weight excluding hydrogens is 336 g/mol. The van der Waals surface area contributed by atoms with Crippen molar-refractivity contribution in [3.8, 4) is 11.1 Å². The number of nitro groups is 1. The third-order valence-electron chi connectivity index (χ3n) is 3.85. The molecule has 0 bridgehead atoms. The molecule has 1 saturated heterocycles. The van der Waals surface area contributed by atoms with E-state index in [4.69, 9.17) is 9.88 Å². The molecule has 1 unspecified atom stereocenters. The second kappa shape index (κ2) is 6.30. The van der Waals surface area contributed by atoms with Crippen molar-refractivity contribution in [2.75, 3.05) is 6.61 Å². The van der Waals surface area contributed by atoms with Gasteiger partial charge < -0.3 is 4.74 Å². The van der Waals surface area contributed by atoms with E-state index < -0.39 is 14.9 Å². The number of nitrogens with two attached hydrogens (primary N) is 1. The number of hydrogen-bond acceptors (Lipinski definition) is 6. The molecule has 1 fully saturated rings. The average molecular weight is 352 g/mol. The summed E-state index contributed by atoms with van der Waals surface area (Å²) in [5, 5.41) is 20.3. The number of aromatic nitrogens is 2. The molecule has 2 heterocycles. The van der Waals surface area contributed by atoms with Crippen molar-refractivity contribution in [1.82, 2.24) is 9.78 Å². The van der Waals surface area contributed by atoms with Crippen LogP contribution in [0, 0.1) is 10.1 Å². The van der Waals surface area contributed by atoms with E-state index in [2.05, 4.69) is 5.10 Å². The zero-order valence-corrected chi connectivity index (χ0v) is 13.5. The van der Waals surface area contributed by atoms with Gasteiger partial charge in [-0.1, -0.05) is 0 Å². The third-order valence-corrected chi connectivity index (χ3v) is 4.80. The van der Waals surface area contributed by atoms with Crippen LogP contribution in [0.15, 0.2) is 35.5 Å². The fraction of sp³-hybridized carbons (Fsp3) is 0.357. The molecule has 1 atom stereocenters. The highest BCUT2D eigenvalue weighted by Gasteiger charge is 2.22. The van der Waals surface area contributed by atoms with E-state index >= 15 is 0 Å². The predicted octanol–water partition coefficient (Wildman–Crippen LogP) is 1.80. The van der Waals surface area contributed by atoms with E-state index in [0.717, 1.165) is 25.3 Å². The second-order valence-electron chi connectivity index (χ2n) is 5.51. The van der Waals surface area contributed by atoms with Gasteiger partial charge in [0, 0.05) is 36.1 Å². The normalized spacial score (nSPS) is 18.5. The Balaban J connectivity index is 2.03. The van der Waals surface area contributed by atoms with Crippen molar-refractivity contribution in [2.45, 2.75) is 30.4 Å². The van der Waals surface area contributed by atoms with Crippen LogP contribution in [0.25, 0.3) is 11.1 Å². The van der Waals surface area contributed by atoms with Gasteiger partial charge in [-0.3, -0.25) is 10.1 Å². The fourth-order valence-corrected chi connectivity index (χ4v) is 3.44. The van der Waals surface area contributed by atoms with Gasteiger partial charge in [-0.05, 0) is 25.3 Å². The standard InChI is InChI=1S/C14H16N4O5S/c15-24(21,22)13-7-11(18(19)20)4-5-12(13)10-8-16-17(9-10)14-3-1-2-6-23-14/h4-5,7-9,14H,1-3,6H2,(H2,15,21,22). The van der Waals surface area contributed by atoms with Crippen LogP contribution in [0.2, 0.25) is 0 Å². The topological polar surface area (TPSA) is 130 Å². The molecule has 2 N–H and O–H groups in total. The van der Waals surface area contributed by atoms with E-state index in [1.165, 1.54) is 18.3 Å². The van der Waals surface area contributed by atoms with Gasteiger partial charge in [0.05, 0.1) is 16.0 Å². The number of rotatable bonds is 4. The molecule has 1 aliphatic heterocycles. The first kappa shape index (κ1) is 16.6. The molecule has 1 aliphatic rings. The van der Waals surface area contributed by atoms with Crippen molar-refractivity contribution in [1.29, 1.82) is 0 Å². The van der Waals surface area contributed by atoms with Gasteiger partial charge in [0.15, 0.2) is 0 Å². The molecule has 0 spiro atoms. The molecular formula is C14H16N4O5S. The lowest BCUT2D eigenvalue weighted by Gasteiger charge is -2.22. The summed E-state index contributed by atoms with van der Waals surface area (Å²) in [6, 6.07) is 3.55. The first-order valence-electron chi connectivity index (χ1n) is 7.33. The summed E-state index contributed by atoms with van der Waals surface area (Å²) in [5.74, 6) is 0. The van der Waals surface area contributed by atoms with Crippen LogP contribution in [0.1, 0.15) is 25.5 Å². The van der Waals surface area contributed by atoms with Crippen LogP contribution in [0.4, 0.5) is 5.69 Å². The highest BCUT2D eigenvalue weighted by atomic mass is 32.2. The summed E-state index contributed by atoms with van der Waals surface area (Å²) < 4.78 is 30.9. The van der Waals surface area contributed by atoms with Gasteiger partial charge in [0.1, 0.15) is 6.23 Å². The minimum Gasteiger partial charge on any atom is -0.357 e. The minimum atomic E-state index is -4.13. The Kier molecular flexibility index (Phi) is 4.35. The summed E-state index contributed by atoms with van der Waals surface area (Å²) >= 11 is 0. The van der Waals surface area contributed by atoms with Gasteiger partial charge in [-0.2, -0.15) is 5.10 Å². The van der Waals surface area contributed by atoms with E-state index in [-0.39, 0.29) is 22.4 Å². The number of nitrogens with zero attached hydrogens (tertiary/aromatic N) is 3. The van der Waals surface area contributed by atoms with Crippen LogP contribution in [-0.4, -0.2) is 29.7 Å². The molecule has 2 aromatic rings. The van der Waals surface area contributed by atoms with Crippen molar-refractivity contribution < 1.29 is 18.1 Å². The van der Waals surface area contributed by atoms with Crippen LogP contribution in [0.5, 0.6) is 0 Å². The molecule has 9 nitrogen and oxygen atoms in total. The first-order chi connectivity index (χ1) is 11.4. The van der Waals surface area contributed by atoms with Gasteiger partial charge in [0.25, 0.3) is 5.69 Å². The van der Waals surface area contributed by atoms with Crippen LogP contribution < -0.4 is 5.14 Å². The number of nitro benzene ring substituents is 1. The zero-order chi connectivity index (χ0) is 17.3. The number of non-ortho nitro benzene ring substituents is 1. The smallest absolute Gasteiger partial charge is 0.270 e. The van der Waals surface area contributed by atoms with Crippen molar-refractivity contribution in [3.05, 3.63) is 40.7 Å². The lowest BCUT2D eigenvalue weighted by molar-refractivity contribution is -0.385. The molecule has 10 heteroatoms. The molecule has 3 rings (SSSR count). The summed E-state index contributed by atoms with van der Waals surface area (Å²) in [5.41, 5.74) is 0.430. The summed E-state index contributed by atoms with van der Waals surface area (Å²) in [7, 11) is -4.13. The SMILES string of the molecule is NS(=O)(=O)c1cc([N+](=O)[O-])ccc1-c1cnn(C2CCCCO2)c1. The lowest BCUT2D eigenvalue weighted by atomic mass is 10.1. The fourth-order valence-electron chi connectivity index (χ4n) is 2.67. The highest BCUT2D eigenvalue weighted by Crippen LogP contribution is 2.31. The molecule has 128 valence electrons. The maximum absolute atomic E-state index is 11.8. The van der Waals surface area contributed by atoms with Gasteiger partial charge in [-0.15, -0.1) is 0 Å². The zero-order valence-electron chi connectivity index (χ0n) is 12.7. The van der Waals surface area contributed by atoms with Gasteiger partial charge in [0.2, 0.25) is 10.0 Å². The Morgan fingerprint density at radius 3 is 2.79 bits per heavy atom. The Morgan fingerprint density at radius 1 is 1.38 bits per heavy atom. The Labute approximate surface area is 138 Å². The van der Waals surface area contributed by atoms with E-state index in [1.807, 2.05) is 0 Å². The Bertz CT molecular complexity index is 871. The highest BCUT2D eigenvalue weighted by molar-refractivity contribution is 7.89. The first-order valence-corrected chi connectivity index (χ1v) is 8.88. The molecule has 0 saturated carbocycles. The number of sulfonamides is 1. The summed E-state index contributed by atoms with van der Waals surface area (Å²) in [4.78, 5) is 9.90. The molecule has 24 heavy (non-hydrogen) atoms. The average Bonchev–Trinajstić information content (AvgIpc) is 3.04. The van der Waals surface area contributed by atoms with Crippen molar-refractivity contribution in [2.24, 2.45) is 5.14 Å². The lowest BCUT2D eigenvalue weighted by Crippen LogP contribution is -2.18. The molecule has 0 aliphatic carbocycles. The number of primary sulfonamides is 1. The minimum absolute atomic E-state index is 0.191. The molecule has 1 aromatic carbocycles. The number of ether oxygens (including phenoxy) is 1. The molecule has 0 amide bonds. The molecule has 1 aromatic heterocycles. The van der Waals surface area contributed by atoms with Crippen molar-refractivity contribution in [3.63, 3.8) is 0 Å². The van der Waals surface area contributed by atoms with Gasteiger partial charge >= 0.3 is 0 Å². The van der Waals surface area contributed by atoms with E-state index in [1.54, 1.807) is 10.9 Å². The summed E-state index contributed by atoms with van der Waals surface area (Å²) in [6.45, 7) is 0.653. The largest absolute Gasteiger partial charge is 0.357 e. The van der Waals surface area contributed by atoms with Crippen LogP contribution in [-0.2, 0) is 14.8 Å². The van der Waals surface area contributed by atoms with Crippen LogP contribution >= 0.6 is 0 Å². The predicted molar refractivity (Wildman–Crippen MR) is 84.5 cm³/mol.